The Morgan fingerprint density at radius 1 is 1.64 bits per heavy atom. The number of nitro benzene ring substituents is 1. The van der Waals surface area contributed by atoms with Crippen LogP contribution < -0.4 is 5.73 Å². The number of phenolic OH excluding ortho intramolecular Hbond substituents is 1. The molecule has 1 aromatic carbocycles. The molecular formula is C8H9N3O3. The summed E-state index contributed by atoms with van der Waals surface area (Å²) in [5, 5.41) is 26.6. The first-order valence-corrected chi connectivity index (χ1v) is 3.80. The molecule has 0 aliphatic heterocycles. The van der Waals surface area contributed by atoms with Crippen molar-refractivity contribution >= 4 is 11.5 Å². The van der Waals surface area contributed by atoms with Crippen LogP contribution in [0.3, 0.4) is 0 Å². The van der Waals surface area contributed by atoms with Gasteiger partial charge in [0.2, 0.25) is 0 Å². The maximum atomic E-state index is 10.5. The van der Waals surface area contributed by atoms with Gasteiger partial charge in [0.15, 0.2) is 0 Å². The summed E-state index contributed by atoms with van der Waals surface area (Å²) in [6, 6.07) is 3.65. The van der Waals surface area contributed by atoms with Gasteiger partial charge in [-0.3, -0.25) is 15.5 Å². The lowest BCUT2D eigenvalue weighted by Gasteiger charge is -2.01. The SMILES string of the molecule is N=C(N)Cc1cc(O)ccc1[N+](=O)[O-]. The van der Waals surface area contributed by atoms with Crippen molar-refractivity contribution in [2.45, 2.75) is 6.42 Å². The number of nitrogens with one attached hydrogen (secondary N) is 1. The second-order valence-corrected chi connectivity index (χ2v) is 2.77. The molecule has 1 rings (SSSR count). The predicted molar refractivity (Wildman–Crippen MR) is 50.4 cm³/mol. The van der Waals surface area contributed by atoms with Crippen molar-refractivity contribution in [3.8, 4) is 5.75 Å². The van der Waals surface area contributed by atoms with Crippen LogP contribution in [0.25, 0.3) is 0 Å². The molecule has 0 fully saturated rings. The van der Waals surface area contributed by atoms with Crippen molar-refractivity contribution in [1.29, 1.82) is 5.41 Å². The third-order valence-electron chi connectivity index (χ3n) is 1.64. The number of amidine groups is 1. The van der Waals surface area contributed by atoms with Crippen molar-refractivity contribution in [3.05, 3.63) is 33.9 Å². The van der Waals surface area contributed by atoms with E-state index < -0.39 is 4.92 Å². The van der Waals surface area contributed by atoms with E-state index in [1.54, 1.807) is 0 Å². The largest absolute Gasteiger partial charge is 0.508 e. The summed E-state index contributed by atoms with van der Waals surface area (Å²) in [5.74, 6) is -0.259. The number of phenols is 1. The van der Waals surface area contributed by atoms with Crippen LogP contribution in [-0.4, -0.2) is 15.9 Å². The van der Waals surface area contributed by atoms with Gasteiger partial charge >= 0.3 is 0 Å². The van der Waals surface area contributed by atoms with E-state index in [9.17, 15) is 10.1 Å². The highest BCUT2D eigenvalue weighted by Gasteiger charge is 2.14. The fourth-order valence-corrected chi connectivity index (χ4v) is 1.10. The van der Waals surface area contributed by atoms with Crippen LogP contribution in [0, 0.1) is 15.5 Å². The zero-order chi connectivity index (χ0) is 10.7. The fourth-order valence-electron chi connectivity index (χ4n) is 1.10. The normalized spacial score (nSPS) is 9.71. The van der Waals surface area contributed by atoms with E-state index in [2.05, 4.69) is 0 Å². The molecule has 14 heavy (non-hydrogen) atoms. The molecule has 0 atom stereocenters. The van der Waals surface area contributed by atoms with E-state index in [1.807, 2.05) is 0 Å². The standard InChI is InChI=1S/C8H9N3O3/c9-8(10)4-5-3-6(12)1-2-7(5)11(13)14/h1-3,12H,4H2,(H3,9,10). The lowest BCUT2D eigenvalue weighted by Crippen LogP contribution is -2.13. The predicted octanol–water partition coefficient (Wildman–Crippen LogP) is 0.779. The molecular weight excluding hydrogens is 186 g/mol. The zero-order valence-electron chi connectivity index (χ0n) is 7.23. The third kappa shape index (κ3) is 2.19. The maximum Gasteiger partial charge on any atom is 0.273 e. The van der Waals surface area contributed by atoms with Crippen LogP contribution in [0.2, 0.25) is 0 Å². The van der Waals surface area contributed by atoms with Crippen LogP contribution in [-0.2, 0) is 6.42 Å². The van der Waals surface area contributed by atoms with Crippen LogP contribution in [0.4, 0.5) is 5.69 Å². The van der Waals surface area contributed by atoms with Crippen molar-refractivity contribution in [2.24, 2.45) is 5.73 Å². The Balaban J connectivity index is 3.15. The molecule has 0 aliphatic carbocycles. The number of hydrogen-bond acceptors (Lipinski definition) is 4. The molecule has 6 nitrogen and oxygen atoms in total. The number of hydrogen-bond donors (Lipinski definition) is 3. The lowest BCUT2D eigenvalue weighted by atomic mass is 10.1. The highest BCUT2D eigenvalue weighted by molar-refractivity contribution is 5.80. The smallest absolute Gasteiger partial charge is 0.273 e. The van der Waals surface area contributed by atoms with Gasteiger partial charge in [0.05, 0.1) is 10.8 Å². The number of rotatable bonds is 3. The lowest BCUT2D eigenvalue weighted by molar-refractivity contribution is -0.385. The van der Waals surface area contributed by atoms with Gasteiger partial charge in [-0.05, 0) is 12.1 Å². The average molecular weight is 195 g/mol. The Labute approximate surface area is 79.6 Å². The van der Waals surface area contributed by atoms with E-state index in [4.69, 9.17) is 16.2 Å². The molecule has 0 aromatic heterocycles. The molecule has 74 valence electrons. The Kier molecular flexibility index (Phi) is 2.66. The average Bonchev–Trinajstić information content (AvgIpc) is 2.01. The molecule has 0 saturated heterocycles. The summed E-state index contributed by atoms with van der Waals surface area (Å²) in [6.45, 7) is 0. The monoisotopic (exact) mass is 195 g/mol. The third-order valence-corrected chi connectivity index (χ3v) is 1.64. The van der Waals surface area contributed by atoms with Gasteiger partial charge in [0.25, 0.3) is 5.69 Å². The highest BCUT2D eigenvalue weighted by Crippen LogP contribution is 2.23. The van der Waals surface area contributed by atoms with Crippen LogP contribution >= 0.6 is 0 Å². The fraction of sp³-hybridized carbons (Fsp3) is 0.125. The highest BCUT2D eigenvalue weighted by atomic mass is 16.6. The number of benzene rings is 1. The molecule has 0 heterocycles. The first-order chi connectivity index (χ1) is 6.50. The molecule has 0 amide bonds. The summed E-state index contributed by atoms with van der Waals surface area (Å²) in [4.78, 5) is 9.96. The Bertz CT molecular complexity index is 389. The molecule has 4 N–H and O–H groups in total. The summed E-state index contributed by atoms with van der Waals surface area (Å²) in [6.07, 6.45) is -0.0370. The molecule has 0 aliphatic rings. The van der Waals surface area contributed by atoms with Crippen molar-refractivity contribution in [2.75, 3.05) is 0 Å². The van der Waals surface area contributed by atoms with Crippen molar-refractivity contribution < 1.29 is 10.0 Å². The minimum atomic E-state index is -0.572. The van der Waals surface area contributed by atoms with Crippen LogP contribution in [0.5, 0.6) is 5.75 Å². The summed E-state index contributed by atoms with van der Waals surface area (Å²) >= 11 is 0. The van der Waals surface area contributed by atoms with E-state index in [-0.39, 0.29) is 29.3 Å². The summed E-state index contributed by atoms with van der Waals surface area (Å²) in [5.41, 5.74) is 5.22. The second-order valence-electron chi connectivity index (χ2n) is 2.77. The number of nitrogens with zero attached hydrogens (tertiary/aromatic N) is 1. The van der Waals surface area contributed by atoms with E-state index in [0.717, 1.165) is 0 Å². The van der Waals surface area contributed by atoms with Gasteiger partial charge in [-0.1, -0.05) is 0 Å². The Morgan fingerprint density at radius 2 is 2.29 bits per heavy atom. The van der Waals surface area contributed by atoms with Crippen LogP contribution in [0.1, 0.15) is 5.56 Å². The van der Waals surface area contributed by atoms with Gasteiger partial charge in [-0.15, -0.1) is 0 Å². The van der Waals surface area contributed by atoms with Gasteiger partial charge in [0.1, 0.15) is 5.75 Å². The molecule has 0 saturated carbocycles. The number of nitro groups is 1. The molecule has 0 radical (unpaired) electrons. The maximum absolute atomic E-state index is 10.5. The van der Waals surface area contributed by atoms with Gasteiger partial charge in [0, 0.05) is 18.1 Å². The first-order valence-electron chi connectivity index (χ1n) is 3.80. The zero-order valence-corrected chi connectivity index (χ0v) is 7.23. The summed E-state index contributed by atoms with van der Waals surface area (Å²) < 4.78 is 0. The Morgan fingerprint density at radius 3 is 2.79 bits per heavy atom. The molecule has 1 aromatic rings. The first kappa shape index (κ1) is 9.97. The van der Waals surface area contributed by atoms with E-state index >= 15 is 0 Å². The van der Waals surface area contributed by atoms with Gasteiger partial charge in [-0.2, -0.15) is 0 Å². The van der Waals surface area contributed by atoms with Crippen molar-refractivity contribution in [3.63, 3.8) is 0 Å². The number of nitrogens with two attached hydrogens (primary N) is 1. The minimum Gasteiger partial charge on any atom is -0.508 e. The Hall–Kier alpha value is -2.11. The number of aromatic hydroxyl groups is 1. The molecule has 0 spiro atoms. The topological polar surface area (TPSA) is 113 Å². The second kappa shape index (κ2) is 3.73. The van der Waals surface area contributed by atoms with Gasteiger partial charge < -0.3 is 10.8 Å². The van der Waals surface area contributed by atoms with Crippen molar-refractivity contribution in [1.82, 2.24) is 0 Å². The molecule has 0 bridgehead atoms. The van der Waals surface area contributed by atoms with E-state index in [1.165, 1.54) is 18.2 Å². The van der Waals surface area contributed by atoms with Gasteiger partial charge in [-0.25, -0.2) is 0 Å². The van der Waals surface area contributed by atoms with Crippen LogP contribution in [0.15, 0.2) is 18.2 Å². The molecule has 0 unspecified atom stereocenters. The molecule has 6 heteroatoms. The summed E-state index contributed by atoms with van der Waals surface area (Å²) in [7, 11) is 0. The quantitative estimate of drug-likeness (QED) is 0.286. The van der Waals surface area contributed by atoms with E-state index in [0.29, 0.717) is 0 Å². The minimum absolute atomic E-state index is 0.0370.